The Labute approximate surface area is 144 Å². The number of likely N-dealkylation sites (tertiary alicyclic amines) is 1. The summed E-state index contributed by atoms with van der Waals surface area (Å²) in [6.07, 6.45) is 2.61. The number of hydrogen-bond acceptors (Lipinski definition) is 0. The smallest absolute Gasteiger partial charge is 0.104 e. The molecule has 1 aliphatic heterocycles. The van der Waals surface area contributed by atoms with Gasteiger partial charge in [-0.15, -0.1) is 0 Å². The van der Waals surface area contributed by atoms with Crippen LogP contribution < -0.4 is 9.80 Å². The quantitative estimate of drug-likeness (QED) is 0.824. The molecule has 1 saturated heterocycles. The first-order chi connectivity index (χ1) is 11.2. The van der Waals surface area contributed by atoms with Crippen LogP contribution in [0.3, 0.4) is 0 Å². The molecule has 1 aliphatic rings. The van der Waals surface area contributed by atoms with E-state index in [4.69, 9.17) is 11.6 Å². The van der Waals surface area contributed by atoms with Gasteiger partial charge < -0.3 is 9.80 Å². The van der Waals surface area contributed by atoms with Crippen molar-refractivity contribution in [2.24, 2.45) is 0 Å². The summed E-state index contributed by atoms with van der Waals surface area (Å²) in [5, 5.41) is 0.911. The first-order valence-electron chi connectivity index (χ1n) is 8.65. The average molecular weight is 331 g/mol. The van der Waals surface area contributed by atoms with Crippen LogP contribution in [0.1, 0.15) is 24.0 Å². The third kappa shape index (κ3) is 4.57. The fourth-order valence-electron chi connectivity index (χ4n) is 3.67. The normalized spacial score (nSPS) is 22.7. The minimum absolute atomic E-state index is 0.783. The van der Waals surface area contributed by atoms with Crippen molar-refractivity contribution in [3.63, 3.8) is 0 Å². The number of hydrogen-bond donors (Lipinski definition) is 2. The molecule has 23 heavy (non-hydrogen) atoms. The van der Waals surface area contributed by atoms with E-state index >= 15 is 0 Å². The van der Waals surface area contributed by atoms with Gasteiger partial charge in [0, 0.05) is 29.0 Å². The molecule has 1 unspecified atom stereocenters. The van der Waals surface area contributed by atoms with Crippen molar-refractivity contribution in [2.75, 3.05) is 20.1 Å². The highest BCUT2D eigenvalue weighted by Gasteiger charge is 2.28. The van der Waals surface area contributed by atoms with Crippen LogP contribution in [-0.2, 0) is 13.1 Å². The van der Waals surface area contributed by atoms with Gasteiger partial charge in [0.2, 0.25) is 0 Å². The van der Waals surface area contributed by atoms with E-state index < -0.39 is 0 Å². The lowest BCUT2D eigenvalue weighted by molar-refractivity contribution is -0.960. The van der Waals surface area contributed by atoms with Crippen molar-refractivity contribution in [1.29, 1.82) is 0 Å². The lowest BCUT2D eigenvalue weighted by Gasteiger charge is -2.32. The third-order valence-corrected chi connectivity index (χ3v) is 5.48. The van der Waals surface area contributed by atoms with E-state index in [1.54, 1.807) is 9.80 Å². The topological polar surface area (TPSA) is 8.88 Å². The van der Waals surface area contributed by atoms with Gasteiger partial charge in [-0.1, -0.05) is 60.1 Å². The van der Waals surface area contributed by atoms with E-state index in [-0.39, 0.29) is 0 Å². The molecule has 2 N–H and O–H groups in total. The molecule has 0 amide bonds. The standard InChI is InChI=1S/C20H25ClN2/c1-22(15-17-7-3-2-4-8-17)19-11-13-23(14-12-19)16-18-9-5-6-10-20(18)21/h2-10,19H,11-16H2,1H3/p+2. The second-order valence-corrected chi connectivity index (χ2v) is 7.21. The first kappa shape index (κ1) is 16.5. The Hall–Kier alpha value is -1.35. The maximum Gasteiger partial charge on any atom is 0.104 e. The van der Waals surface area contributed by atoms with E-state index in [2.05, 4.69) is 49.5 Å². The largest absolute Gasteiger partial charge is 0.331 e. The summed E-state index contributed by atoms with van der Waals surface area (Å²) in [6.45, 7) is 4.69. The summed E-state index contributed by atoms with van der Waals surface area (Å²) in [6, 6.07) is 19.9. The molecule has 3 rings (SSSR count). The Morgan fingerprint density at radius 3 is 2.35 bits per heavy atom. The highest BCUT2D eigenvalue weighted by molar-refractivity contribution is 6.31. The number of rotatable bonds is 5. The summed E-state index contributed by atoms with van der Waals surface area (Å²) < 4.78 is 0. The summed E-state index contributed by atoms with van der Waals surface area (Å²) in [7, 11) is 2.34. The van der Waals surface area contributed by atoms with Gasteiger partial charge in [-0.05, 0) is 6.07 Å². The van der Waals surface area contributed by atoms with Crippen LogP contribution in [0.4, 0.5) is 0 Å². The fourth-order valence-corrected chi connectivity index (χ4v) is 3.87. The van der Waals surface area contributed by atoms with E-state index in [1.165, 1.54) is 37.1 Å². The molecule has 1 atom stereocenters. The molecule has 0 saturated carbocycles. The molecule has 0 aromatic heterocycles. The number of quaternary nitrogens is 2. The second-order valence-electron chi connectivity index (χ2n) is 6.80. The fraction of sp³-hybridized carbons (Fsp3) is 0.400. The van der Waals surface area contributed by atoms with Crippen molar-refractivity contribution in [2.45, 2.75) is 32.0 Å². The maximum absolute atomic E-state index is 6.30. The highest BCUT2D eigenvalue weighted by atomic mass is 35.5. The lowest BCUT2D eigenvalue weighted by Crippen LogP contribution is -3.18. The van der Waals surface area contributed by atoms with Crippen LogP contribution in [0, 0.1) is 0 Å². The molecule has 2 nitrogen and oxygen atoms in total. The predicted octanol–water partition coefficient (Wildman–Crippen LogP) is 1.60. The van der Waals surface area contributed by atoms with Gasteiger partial charge >= 0.3 is 0 Å². The average Bonchev–Trinajstić information content (AvgIpc) is 2.58. The molecule has 0 aliphatic carbocycles. The van der Waals surface area contributed by atoms with Gasteiger partial charge in [-0.25, -0.2) is 0 Å². The van der Waals surface area contributed by atoms with Gasteiger partial charge in [-0.2, -0.15) is 0 Å². The van der Waals surface area contributed by atoms with Crippen molar-refractivity contribution >= 4 is 11.6 Å². The maximum atomic E-state index is 6.30. The Morgan fingerprint density at radius 1 is 1.00 bits per heavy atom. The summed E-state index contributed by atoms with van der Waals surface area (Å²) in [5.74, 6) is 0. The SMILES string of the molecule is C[NH+](Cc1ccccc1)C1CC[NH+](Cc2ccccc2Cl)CC1. The summed E-state index contributed by atoms with van der Waals surface area (Å²) in [5.41, 5.74) is 2.73. The third-order valence-electron chi connectivity index (χ3n) is 5.11. The van der Waals surface area contributed by atoms with Gasteiger partial charge in [-0.3, -0.25) is 0 Å². The number of nitrogens with one attached hydrogen (secondary N) is 2. The molecule has 0 radical (unpaired) electrons. The molecule has 2 aromatic carbocycles. The molecule has 3 heteroatoms. The van der Waals surface area contributed by atoms with E-state index in [1.807, 2.05) is 12.1 Å². The van der Waals surface area contributed by atoms with Gasteiger partial charge in [0.1, 0.15) is 13.1 Å². The van der Waals surface area contributed by atoms with E-state index in [0.29, 0.717) is 0 Å². The van der Waals surface area contributed by atoms with Crippen LogP contribution in [-0.4, -0.2) is 26.2 Å². The van der Waals surface area contributed by atoms with Crippen molar-refractivity contribution in [3.05, 3.63) is 70.7 Å². The van der Waals surface area contributed by atoms with Crippen molar-refractivity contribution < 1.29 is 9.80 Å². The summed E-state index contributed by atoms with van der Waals surface area (Å²) in [4.78, 5) is 3.31. The Kier molecular flexibility index (Phi) is 5.71. The number of halogens is 1. The minimum Gasteiger partial charge on any atom is -0.331 e. The minimum atomic E-state index is 0.783. The van der Waals surface area contributed by atoms with Crippen LogP contribution in [0.15, 0.2) is 54.6 Å². The Morgan fingerprint density at radius 2 is 1.65 bits per heavy atom. The first-order valence-corrected chi connectivity index (χ1v) is 9.03. The van der Waals surface area contributed by atoms with Crippen LogP contribution in [0.25, 0.3) is 0 Å². The second kappa shape index (κ2) is 7.96. The molecule has 0 bridgehead atoms. The number of benzene rings is 2. The molecular weight excluding hydrogens is 304 g/mol. The van der Waals surface area contributed by atoms with Crippen molar-refractivity contribution in [1.82, 2.24) is 0 Å². The molecule has 2 aromatic rings. The molecule has 122 valence electrons. The van der Waals surface area contributed by atoms with E-state index in [0.717, 1.165) is 24.2 Å². The predicted molar refractivity (Wildman–Crippen MR) is 95.9 cm³/mol. The summed E-state index contributed by atoms with van der Waals surface area (Å²) >= 11 is 6.30. The molecular formula is C20H27ClN2+2. The molecule has 0 spiro atoms. The molecule has 1 heterocycles. The van der Waals surface area contributed by atoms with Crippen LogP contribution in [0.5, 0.6) is 0 Å². The lowest BCUT2D eigenvalue weighted by atomic mass is 10.0. The van der Waals surface area contributed by atoms with Gasteiger partial charge in [0.25, 0.3) is 0 Å². The Balaban J connectivity index is 1.49. The van der Waals surface area contributed by atoms with Gasteiger partial charge in [0.05, 0.1) is 26.2 Å². The highest BCUT2D eigenvalue weighted by Crippen LogP contribution is 2.13. The number of piperidine rings is 1. The van der Waals surface area contributed by atoms with Crippen molar-refractivity contribution in [3.8, 4) is 0 Å². The van der Waals surface area contributed by atoms with Crippen LogP contribution in [0.2, 0.25) is 5.02 Å². The van der Waals surface area contributed by atoms with E-state index in [9.17, 15) is 0 Å². The van der Waals surface area contributed by atoms with Gasteiger partial charge in [0.15, 0.2) is 0 Å². The monoisotopic (exact) mass is 330 g/mol. The molecule has 1 fully saturated rings. The zero-order valence-electron chi connectivity index (χ0n) is 13.9. The zero-order chi connectivity index (χ0) is 16.1. The zero-order valence-corrected chi connectivity index (χ0v) is 14.7. The van der Waals surface area contributed by atoms with Crippen LogP contribution >= 0.6 is 11.6 Å². The Bertz CT molecular complexity index is 606.